The molecule has 1 aromatic carbocycles. The van der Waals surface area contributed by atoms with Crippen molar-refractivity contribution >= 4 is 43.5 Å². The Kier molecular flexibility index (Phi) is 5.46. The molecule has 0 radical (unpaired) electrons. The highest BCUT2D eigenvalue weighted by Gasteiger charge is 2.12. The zero-order valence-electron chi connectivity index (χ0n) is 10.0. The minimum Gasteiger partial charge on any atom is -0.469 e. The van der Waals surface area contributed by atoms with E-state index < -0.39 is 0 Å². The van der Waals surface area contributed by atoms with Crippen LogP contribution in [0.1, 0.15) is 18.9 Å². The molecule has 5 heteroatoms. The molecule has 0 bridgehead atoms. The van der Waals surface area contributed by atoms with Gasteiger partial charge in [-0.05, 0) is 63.4 Å². The lowest BCUT2D eigenvalue weighted by Gasteiger charge is -2.17. The van der Waals surface area contributed by atoms with Gasteiger partial charge in [-0.2, -0.15) is 0 Å². The fraction of sp³-hybridized carbons (Fsp3) is 0.417. The summed E-state index contributed by atoms with van der Waals surface area (Å²) in [5, 5.41) is 3.28. The molecule has 0 aliphatic carbocycles. The molecule has 94 valence electrons. The summed E-state index contributed by atoms with van der Waals surface area (Å²) in [5.41, 5.74) is 2.11. The number of rotatable bonds is 4. The summed E-state index contributed by atoms with van der Waals surface area (Å²) in [7, 11) is 1.40. The Morgan fingerprint density at radius 2 is 1.94 bits per heavy atom. The molecule has 1 N–H and O–H groups in total. The molecule has 0 saturated carbocycles. The Balaban J connectivity index is 2.78. The first-order chi connectivity index (χ1) is 7.93. The van der Waals surface area contributed by atoms with Crippen LogP contribution in [0.4, 0.5) is 5.69 Å². The molecule has 0 spiro atoms. The fourth-order valence-corrected chi connectivity index (χ4v) is 3.11. The van der Waals surface area contributed by atoms with Crippen molar-refractivity contribution in [3.63, 3.8) is 0 Å². The summed E-state index contributed by atoms with van der Waals surface area (Å²) in [6.07, 6.45) is 0.337. The molecule has 0 aliphatic heterocycles. The van der Waals surface area contributed by atoms with Crippen LogP contribution in [-0.4, -0.2) is 19.1 Å². The summed E-state index contributed by atoms with van der Waals surface area (Å²) >= 11 is 7.00. The maximum atomic E-state index is 11.2. The zero-order chi connectivity index (χ0) is 13.0. The molecule has 0 aromatic heterocycles. The molecule has 1 rings (SSSR count). The summed E-state index contributed by atoms with van der Waals surface area (Å²) in [4.78, 5) is 11.2. The van der Waals surface area contributed by atoms with Crippen LogP contribution in [0.2, 0.25) is 0 Å². The highest BCUT2D eigenvalue weighted by Crippen LogP contribution is 2.32. The van der Waals surface area contributed by atoms with Crippen LogP contribution in [0, 0.1) is 6.92 Å². The number of hydrogen-bond donors (Lipinski definition) is 1. The highest BCUT2D eigenvalue weighted by molar-refractivity contribution is 9.11. The van der Waals surface area contributed by atoms with Crippen molar-refractivity contribution in [2.75, 3.05) is 12.4 Å². The van der Waals surface area contributed by atoms with E-state index in [4.69, 9.17) is 0 Å². The molecule has 3 nitrogen and oxygen atoms in total. The predicted molar refractivity (Wildman–Crippen MR) is 76.3 cm³/mol. The normalized spacial score (nSPS) is 12.1. The predicted octanol–water partition coefficient (Wildman–Crippen LogP) is 3.88. The Morgan fingerprint density at radius 3 is 2.41 bits per heavy atom. The monoisotopic (exact) mass is 363 g/mol. The molecule has 0 amide bonds. The van der Waals surface area contributed by atoms with Crippen LogP contribution < -0.4 is 5.32 Å². The van der Waals surface area contributed by atoms with Gasteiger partial charge in [0.1, 0.15) is 0 Å². The van der Waals surface area contributed by atoms with Gasteiger partial charge < -0.3 is 10.1 Å². The second-order valence-electron chi connectivity index (χ2n) is 3.93. The number of carbonyl (C=O) groups excluding carboxylic acids is 1. The van der Waals surface area contributed by atoms with E-state index in [9.17, 15) is 4.79 Å². The van der Waals surface area contributed by atoms with Gasteiger partial charge in [0, 0.05) is 15.0 Å². The minimum absolute atomic E-state index is 0.0118. The summed E-state index contributed by atoms with van der Waals surface area (Å²) < 4.78 is 6.58. The Hall–Kier alpha value is -0.550. The molecule has 17 heavy (non-hydrogen) atoms. The summed E-state index contributed by atoms with van der Waals surface area (Å²) in [5.74, 6) is -0.218. The largest absolute Gasteiger partial charge is 0.469 e. The van der Waals surface area contributed by atoms with Crippen LogP contribution in [0.3, 0.4) is 0 Å². The van der Waals surface area contributed by atoms with E-state index in [1.54, 1.807) is 0 Å². The number of nitrogens with one attached hydrogen (secondary N) is 1. The second-order valence-corrected chi connectivity index (χ2v) is 5.64. The van der Waals surface area contributed by atoms with Crippen molar-refractivity contribution in [3.05, 3.63) is 26.6 Å². The van der Waals surface area contributed by atoms with Gasteiger partial charge in [0.15, 0.2) is 0 Å². The van der Waals surface area contributed by atoms with Crippen molar-refractivity contribution in [1.29, 1.82) is 0 Å². The molecule has 0 aliphatic rings. The van der Waals surface area contributed by atoms with E-state index in [2.05, 4.69) is 41.9 Å². The lowest BCUT2D eigenvalue weighted by atomic mass is 10.2. The van der Waals surface area contributed by atoms with E-state index in [0.717, 1.165) is 20.2 Å². The first-order valence-corrected chi connectivity index (χ1v) is 6.81. The molecular formula is C12H15Br2NO2. The minimum atomic E-state index is -0.218. The number of esters is 1. The van der Waals surface area contributed by atoms with Crippen LogP contribution >= 0.6 is 31.9 Å². The van der Waals surface area contributed by atoms with Gasteiger partial charge in [-0.15, -0.1) is 0 Å². The number of carbonyl (C=O) groups is 1. The topological polar surface area (TPSA) is 38.3 Å². The molecular weight excluding hydrogens is 350 g/mol. The Labute approximate surface area is 118 Å². The molecule has 1 atom stereocenters. The van der Waals surface area contributed by atoms with Gasteiger partial charge in [-0.3, -0.25) is 4.79 Å². The Bertz CT molecular complexity index is 398. The molecule has 0 fully saturated rings. The van der Waals surface area contributed by atoms with Gasteiger partial charge in [0.2, 0.25) is 0 Å². The number of hydrogen-bond acceptors (Lipinski definition) is 3. The molecule has 1 unspecified atom stereocenters. The van der Waals surface area contributed by atoms with Crippen molar-refractivity contribution in [2.24, 2.45) is 0 Å². The van der Waals surface area contributed by atoms with Crippen LogP contribution in [0.5, 0.6) is 0 Å². The maximum Gasteiger partial charge on any atom is 0.307 e. The number of anilines is 1. The van der Waals surface area contributed by atoms with E-state index in [0.29, 0.717) is 6.42 Å². The lowest BCUT2D eigenvalue weighted by Crippen LogP contribution is -2.20. The van der Waals surface area contributed by atoms with Crippen molar-refractivity contribution in [2.45, 2.75) is 26.3 Å². The maximum absolute atomic E-state index is 11.2. The number of halogens is 2. The van der Waals surface area contributed by atoms with E-state index in [1.165, 1.54) is 7.11 Å². The quantitative estimate of drug-likeness (QED) is 0.824. The van der Waals surface area contributed by atoms with Gasteiger partial charge >= 0.3 is 5.97 Å². The number of aryl methyl sites for hydroxylation is 1. The second kappa shape index (κ2) is 6.40. The summed E-state index contributed by atoms with van der Waals surface area (Å²) in [6.45, 7) is 3.97. The van der Waals surface area contributed by atoms with Crippen LogP contribution in [-0.2, 0) is 9.53 Å². The van der Waals surface area contributed by atoms with Crippen molar-refractivity contribution in [1.82, 2.24) is 0 Å². The van der Waals surface area contributed by atoms with Gasteiger partial charge in [-0.1, -0.05) is 0 Å². The molecule has 0 heterocycles. The van der Waals surface area contributed by atoms with Gasteiger partial charge in [0.25, 0.3) is 0 Å². The Morgan fingerprint density at radius 1 is 1.41 bits per heavy atom. The van der Waals surface area contributed by atoms with Crippen molar-refractivity contribution in [3.8, 4) is 0 Å². The summed E-state index contributed by atoms with van der Waals surface area (Å²) in [6, 6.07) is 4.06. The molecule has 0 saturated heterocycles. The third-order valence-corrected chi connectivity index (χ3v) is 3.53. The first kappa shape index (κ1) is 14.5. The lowest BCUT2D eigenvalue weighted by molar-refractivity contribution is -0.140. The SMILES string of the molecule is COC(=O)CC(C)Nc1c(Br)cc(C)cc1Br. The van der Waals surface area contributed by atoms with Crippen LogP contribution in [0.25, 0.3) is 0 Å². The van der Waals surface area contributed by atoms with E-state index >= 15 is 0 Å². The van der Waals surface area contributed by atoms with Crippen molar-refractivity contribution < 1.29 is 9.53 Å². The fourth-order valence-electron chi connectivity index (χ4n) is 1.47. The van der Waals surface area contributed by atoms with Gasteiger partial charge in [-0.25, -0.2) is 0 Å². The van der Waals surface area contributed by atoms with Gasteiger partial charge in [0.05, 0.1) is 19.2 Å². The smallest absolute Gasteiger partial charge is 0.307 e. The third kappa shape index (κ3) is 4.32. The number of methoxy groups -OCH3 is 1. The standard InChI is InChI=1S/C12H15Br2NO2/c1-7-4-9(13)12(10(14)5-7)15-8(2)6-11(16)17-3/h4-5,8,15H,6H2,1-3H3. The molecule has 1 aromatic rings. The first-order valence-electron chi connectivity index (χ1n) is 5.23. The number of ether oxygens (including phenoxy) is 1. The zero-order valence-corrected chi connectivity index (χ0v) is 13.2. The number of benzene rings is 1. The van der Waals surface area contributed by atoms with E-state index in [-0.39, 0.29) is 12.0 Å². The highest BCUT2D eigenvalue weighted by atomic mass is 79.9. The average molecular weight is 365 g/mol. The van der Waals surface area contributed by atoms with Crippen LogP contribution in [0.15, 0.2) is 21.1 Å². The van der Waals surface area contributed by atoms with E-state index in [1.807, 2.05) is 26.0 Å². The third-order valence-electron chi connectivity index (χ3n) is 2.28. The average Bonchev–Trinajstić information content (AvgIpc) is 2.23.